The molecule has 2 aliphatic heterocycles. The molecule has 1 aliphatic carbocycles. The van der Waals surface area contributed by atoms with Gasteiger partial charge in [0, 0.05) is 43.6 Å². The fourth-order valence-electron chi connectivity index (χ4n) is 4.30. The highest BCUT2D eigenvalue weighted by atomic mass is 32.1. The van der Waals surface area contributed by atoms with Crippen LogP contribution in [0.1, 0.15) is 57.2 Å². The van der Waals surface area contributed by atoms with Crippen molar-refractivity contribution in [3.05, 3.63) is 33.9 Å². The molecule has 0 radical (unpaired) electrons. The fraction of sp³-hybridized carbons (Fsp3) is 0.632. The highest BCUT2D eigenvalue weighted by molar-refractivity contribution is 7.10. The molecular weight excluding hydrogens is 340 g/mol. The van der Waals surface area contributed by atoms with Crippen molar-refractivity contribution < 1.29 is 23.7 Å². The smallest absolute Gasteiger partial charge is 0.345 e. The summed E-state index contributed by atoms with van der Waals surface area (Å²) in [6.45, 7) is 5.98. The Kier molecular flexibility index (Phi) is 4.07. The maximum Gasteiger partial charge on any atom is 0.345 e. The SMILES string of the molecule is CCO[C@@]12CCCC[C@@H]1[C@H](c1cccs1)C1=C(OC(C)(C)OC1=O)O2. The van der Waals surface area contributed by atoms with Gasteiger partial charge in [-0.25, -0.2) is 4.79 Å². The van der Waals surface area contributed by atoms with Crippen molar-refractivity contribution in [2.75, 3.05) is 6.61 Å². The van der Waals surface area contributed by atoms with Crippen molar-refractivity contribution in [2.45, 2.75) is 63.9 Å². The van der Waals surface area contributed by atoms with Gasteiger partial charge in [-0.3, -0.25) is 0 Å². The summed E-state index contributed by atoms with van der Waals surface area (Å²) in [5, 5.41) is 2.04. The normalized spacial score (nSPS) is 33.6. The molecule has 25 heavy (non-hydrogen) atoms. The van der Waals surface area contributed by atoms with E-state index in [0.29, 0.717) is 12.2 Å². The van der Waals surface area contributed by atoms with Gasteiger partial charge in [-0.1, -0.05) is 12.5 Å². The van der Waals surface area contributed by atoms with Crippen molar-refractivity contribution in [3.63, 3.8) is 0 Å². The van der Waals surface area contributed by atoms with Gasteiger partial charge in [0.1, 0.15) is 5.57 Å². The minimum atomic E-state index is -1.04. The van der Waals surface area contributed by atoms with E-state index >= 15 is 0 Å². The lowest BCUT2D eigenvalue weighted by Gasteiger charge is -2.51. The highest BCUT2D eigenvalue weighted by Crippen LogP contribution is 2.55. The number of cyclic esters (lactones) is 1. The molecule has 1 saturated carbocycles. The third-order valence-corrected chi connectivity index (χ3v) is 6.14. The number of thiophene rings is 1. The van der Waals surface area contributed by atoms with Crippen molar-refractivity contribution in [1.29, 1.82) is 0 Å². The molecule has 6 heteroatoms. The quantitative estimate of drug-likeness (QED) is 0.748. The molecule has 1 fully saturated rings. The molecule has 1 aromatic rings. The molecule has 3 atom stereocenters. The van der Waals surface area contributed by atoms with Gasteiger partial charge in [-0.05, 0) is 31.2 Å². The molecule has 3 aliphatic rings. The Bertz CT molecular complexity index is 689. The summed E-state index contributed by atoms with van der Waals surface area (Å²) in [4.78, 5) is 13.9. The van der Waals surface area contributed by atoms with Gasteiger partial charge in [0.25, 0.3) is 11.7 Å². The Morgan fingerprint density at radius 1 is 1.28 bits per heavy atom. The summed E-state index contributed by atoms with van der Waals surface area (Å²) >= 11 is 1.65. The second kappa shape index (κ2) is 6.02. The van der Waals surface area contributed by atoms with Crippen LogP contribution in [0.4, 0.5) is 0 Å². The number of rotatable bonds is 3. The first-order valence-corrected chi connectivity index (χ1v) is 9.86. The largest absolute Gasteiger partial charge is 0.432 e. The van der Waals surface area contributed by atoms with Gasteiger partial charge in [-0.15, -0.1) is 11.3 Å². The van der Waals surface area contributed by atoms with Crippen LogP contribution in [0.25, 0.3) is 0 Å². The molecule has 0 spiro atoms. The first-order valence-electron chi connectivity index (χ1n) is 8.99. The van der Waals surface area contributed by atoms with E-state index in [1.165, 1.54) is 0 Å². The van der Waals surface area contributed by atoms with Crippen LogP contribution in [0.2, 0.25) is 0 Å². The second-order valence-corrected chi connectivity index (χ2v) is 8.26. The number of esters is 1. The minimum Gasteiger partial charge on any atom is -0.432 e. The molecule has 0 unspecified atom stereocenters. The molecule has 0 saturated heterocycles. The molecule has 0 N–H and O–H groups in total. The first kappa shape index (κ1) is 16.9. The summed E-state index contributed by atoms with van der Waals surface area (Å²) in [6, 6.07) is 4.09. The van der Waals surface area contributed by atoms with Crippen LogP contribution >= 0.6 is 11.3 Å². The first-order chi connectivity index (χ1) is 12.0. The van der Waals surface area contributed by atoms with Crippen LogP contribution in [-0.2, 0) is 23.7 Å². The number of ether oxygens (including phenoxy) is 4. The summed E-state index contributed by atoms with van der Waals surface area (Å²) in [5.41, 5.74) is 0.504. The molecule has 0 amide bonds. The Balaban J connectivity index is 1.87. The van der Waals surface area contributed by atoms with E-state index in [0.717, 1.165) is 30.6 Å². The monoisotopic (exact) mass is 364 g/mol. The van der Waals surface area contributed by atoms with Crippen LogP contribution < -0.4 is 0 Å². The Labute approximate surface area is 151 Å². The maximum absolute atomic E-state index is 12.8. The van der Waals surface area contributed by atoms with Gasteiger partial charge in [0.15, 0.2) is 0 Å². The van der Waals surface area contributed by atoms with Crippen LogP contribution in [0, 0.1) is 5.92 Å². The van der Waals surface area contributed by atoms with Crippen LogP contribution in [-0.4, -0.2) is 24.2 Å². The number of carbonyl (C=O) groups excluding carboxylic acids is 1. The second-order valence-electron chi connectivity index (χ2n) is 7.28. The average Bonchev–Trinajstić information content (AvgIpc) is 3.05. The van der Waals surface area contributed by atoms with Crippen molar-refractivity contribution in [3.8, 4) is 0 Å². The Morgan fingerprint density at radius 3 is 2.84 bits per heavy atom. The molecule has 1 aromatic heterocycles. The third-order valence-electron chi connectivity index (χ3n) is 5.19. The van der Waals surface area contributed by atoms with Gasteiger partial charge < -0.3 is 18.9 Å². The van der Waals surface area contributed by atoms with Crippen LogP contribution in [0.15, 0.2) is 29.0 Å². The van der Waals surface area contributed by atoms with Crippen LogP contribution in [0.5, 0.6) is 0 Å². The van der Waals surface area contributed by atoms with E-state index < -0.39 is 11.6 Å². The van der Waals surface area contributed by atoms with Gasteiger partial charge in [0.2, 0.25) is 5.79 Å². The van der Waals surface area contributed by atoms with Crippen LogP contribution in [0.3, 0.4) is 0 Å². The summed E-state index contributed by atoms with van der Waals surface area (Å²) < 4.78 is 23.9. The predicted molar refractivity (Wildman–Crippen MR) is 92.7 cm³/mol. The summed E-state index contributed by atoms with van der Waals surface area (Å²) in [6.07, 6.45) is 3.91. The zero-order valence-electron chi connectivity index (χ0n) is 14.9. The lowest BCUT2D eigenvalue weighted by molar-refractivity contribution is -0.319. The van der Waals surface area contributed by atoms with E-state index in [9.17, 15) is 4.79 Å². The number of carbonyl (C=O) groups is 1. The Hall–Kier alpha value is -1.53. The number of hydrogen-bond donors (Lipinski definition) is 0. The zero-order valence-corrected chi connectivity index (χ0v) is 15.7. The van der Waals surface area contributed by atoms with E-state index in [-0.39, 0.29) is 23.8 Å². The minimum absolute atomic E-state index is 0.0796. The van der Waals surface area contributed by atoms with E-state index in [1.807, 2.05) is 18.4 Å². The molecule has 5 nitrogen and oxygen atoms in total. The fourth-order valence-corrected chi connectivity index (χ4v) is 5.20. The number of fused-ring (bicyclic) bond motifs is 1. The van der Waals surface area contributed by atoms with Crippen molar-refractivity contribution in [1.82, 2.24) is 0 Å². The van der Waals surface area contributed by atoms with Gasteiger partial charge in [-0.2, -0.15) is 0 Å². The molecular formula is C19H24O5S. The summed E-state index contributed by atoms with van der Waals surface area (Å²) in [5.74, 6) is -1.86. The molecule has 3 heterocycles. The average molecular weight is 364 g/mol. The molecule has 136 valence electrons. The molecule has 0 bridgehead atoms. The maximum atomic E-state index is 12.8. The van der Waals surface area contributed by atoms with E-state index in [2.05, 4.69) is 6.07 Å². The number of hydrogen-bond acceptors (Lipinski definition) is 6. The van der Waals surface area contributed by atoms with Gasteiger partial charge in [0.05, 0.1) is 0 Å². The van der Waals surface area contributed by atoms with Gasteiger partial charge >= 0.3 is 5.97 Å². The highest BCUT2D eigenvalue weighted by Gasteiger charge is 2.58. The zero-order chi connectivity index (χ0) is 17.7. The van der Waals surface area contributed by atoms with E-state index in [1.54, 1.807) is 25.2 Å². The van der Waals surface area contributed by atoms with Crippen molar-refractivity contribution in [2.24, 2.45) is 5.92 Å². The van der Waals surface area contributed by atoms with Crippen molar-refractivity contribution >= 4 is 17.3 Å². The molecule has 4 rings (SSSR count). The standard InChI is InChI=1S/C19H24O5S/c1-4-21-19-10-6-5-8-12(19)14(13-9-7-11-25-13)15-16(20)22-18(2,3)23-17(15)24-19/h7,9,11-12,14H,4-6,8,10H2,1-3H3/t12-,14-,19-/m1/s1. The topological polar surface area (TPSA) is 54.0 Å². The lowest BCUT2D eigenvalue weighted by atomic mass is 9.70. The lowest BCUT2D eigenvalue weighted by Crippen LogP contribution is -2.54. The predicted octanol–water partition coefficient (Wildman–Crippen LogP) is 4.31. The summed E-state index contributed by atoms with van der Waals surface area (Å²) in [7, 11) is 0. The third kappa shape index (κ3) is 2.75. The van der Waals surface area contributed by atoms with E-state index in [4.69, 9.17) is 18.9 Å². The molecule has 0 aromatic carbocycles. The Morgan fingerprint density at radius 2 is 2.12 bits per heavy atom.